The van der Waals surface area contributed by atoms with E-state index in [0.717, 1.165) is 11.8 Å². The SMILES string of the molecule is O=C(NCCSCCCO)Nc1c(F)cc(F)cc1Cl. The smallest absolute Gasteiger partial charge is 0.319 e. The molecule has 0 radical (unpaired) electrons. The summed E-state index contributed by atoms with van der Waals surface area (Å²) in [5.74, 6) is -0.258. The molecule has 0 unspecified atom stereocenters. The molecule has 0 fully saturated rings. The molecule has 0 spiro atoms. The van der Waals surface area contributed by atoms with Gasteiger partial charge in [-0.1, -0.05) is 11.6 Å². The van der Waals surface area contributed by atoms with Crippen molar-refractivity contribution in [2.75, 3.05) is 30.0 Å². The Morgan fingerprint density at radius 1 is 1.35 bits per heavy atom. The van der Waals surface area contributed by atoms with Crippen LogP contribution in [0.3, 0.4) is 0 Å². The lowest BCUT2D eigenvalue weighted by Gasteiger charge is -2.10. The second-order valence-corrected chi connectivity index (χ2v) is 5.45. The molecule has 20 heavy (non-hydrogen) atoms. The standard InChI is InChI=1S/C12H15ClF2N2O2S/c13-9-6-8(14)7-10(15)11(9)17-12(19)16-2-5-20-4-1-3-18/h6-7,18H,1-5H2,(H2,16,17,19). The zero-order chi connectivity index (χ0) is 15.0. The number of benzene rings is 1. The first-order chi connectivity index (χ1) is 9.54. The molecule has 0 saturated heterocycles. The summed E-state index contributed by atoms with van der Waals surface area (Å²) in [6.45, 7) is 0.533. The first kappa shape index (κ1) is 17.0. The molecule has 1 aromatic carbocycles. The number of amides is 2. The van der Waals surface area contributed by atoms with Crippen molar-refractivity contribution in [3.63, 3.8) is 0 Å². The van der Waals surface area contributed by atoms with Gasteiger partial charge in [-0.05, 0) is 18.2 Å². The number of aliphatic hydroxyl groups excluding tert-OH is 1. The fourth-order valence-electron chi connectivity index (χ4n) is 1.32. The Bertz CT molecular complexity index is 440. The van der Waals surface area contributed by atoms with Crippen molar-refractivity contribution < 1.29 is 18.7 Å². The zero-order valence-corrected chi connectivity index (χ0v) is 12.2. The molecular formula is C12H15ClF2N2O2S. The maximum Gasteiger partial charge on any atom is 0.319 e. The van der Waals surface area contributed by atoms with E-state index < -0.39 is 17.7 Å². The van der Waals surface area contributed by atoms with Crippen molar-refractivity contribution in [2.24, 2.45) is 0 Å². The number of halogens is 3. The van der Waals surface area contributed by atoms with Crippen molar-refractivity contribution in [1.82, 2.24) is 5.32 Å². The minimum Gasteiger partial charge on any atom is -0.396 e. The molecule has 112 valence electrons. The van der Waals surface area contributed by atoms with E-state index in [1.807, 2.05) is 0 Å². The Balaban J connectivity index is 2.36. The van der Waals surface area contributed by atoms with Gasteiger partial charge >= 0.3 is 6.03 Å². The third kappa shape index (κ3) is 5.94. The molecule has 0 saturated carbocycles. The Morgan fingerprint density at radius 3 is 2.75 bits per heavy atom. The highest BCUT2D eigenvalue weighted by atomic mass is 35.5. The number of aliphatic hydroxyl groups is 1. The summed E-state index contributed by atoms with van der Waals surface area (Å²) < 4.78 is 26.2. The van der Waals surface area contributed by atoms with Crippen molar-refractivity contribution in [1.29, 1.82) is 0 Å². The van der Waals surface area contributed by atoms with Gasteiger partial charge in [0.25, 0.3) is 0 Å². The number of carbonyl (C=O) groups excluding carboxylic acids is 1. The Hall–Kier alpha value is -1.05. The summed E-state index contributed by atoms with van der Waals surface area (Å²) in [4.78, 5) is 11.5. The number of anilines is 1. The first-order valence-corrected chi connectivity index (χ1v) is 7.46. The molecule has 4 nitrogen and oxygen atoms in total. The second kappa shape index (κ2) is 8.99. The Morgan fingerprint density at radius 2 is 2.10 bits per heavy atom. The molecule has 0 aliphatic rings. The summed E-state index contributed by atoms with van der Waals surface area (Å²) in [5.41, 5.74) is -0.251. The lowest BCUT2D eigenvalue weighted by atomic mass is 10.3. The molecule has 2 amide bonds. The first-order valence-electron chi connectivity index (χ1n) is 5.92. The summed E-state index contributed by atoms with van der Waals surface area (Å²) in [7, 11) is 0. The number of urea groups is 1. The van der Waals surface area contributed by atoms with Gasteiger partial charge in [0.1, 0.15) is 5.82 Å². The average molecular weight is 325 g/mol. The number of thioether (sulfide) groups is 1. The monoisotopic (exact) mass is 324 g/mol. The molecule has 0 bridgehead atoms. The van der Waals surface area contributed by atoms with Gasteiger partial charge < -0.3 is 15.7 Å². The molecular weight excluding hydrogens is 310 g/mol. The highest BCUT2D eigenvalue weighted by Gasteiger charge is 2.12. The highest BCUT2D eigenvalue weighted by molar-refractivity contribution is 7.99. The van der Waals surface area contributed by atoms with Gasteiger partial charge in [-0.2, -0.15) is 11.8 Å². The molecule has 1 aromatic rings. The van der Waals surface area contributed by atoms with Gasteiger partial charge in [-0.25, -0.2) is 13.6 Å². The average Bonchev–Trinajstić information content (AvgIpc) is 2.38. The van der Waals surface area contributed by atoms with E-state index in [0.29, 0.717) is 24.8 Å². The minimum atomic E-state index is -0.928. The number of carbonyl (C=O) groups is 1. The third-order valence-corrected chi connectivity index (χ3v) is 3.59. The topological polar surface area (TPSA) is 61.4 Å². The number of nitrogens with one attached hydrogen (secondary N) is 2. The summed E-state index contributed by atoms with van der Waals surface area (Å²) in [5, 5.41) is 13.1. The van der Waals surface area contributed by atoms with Crippen LogP contribution < -0.4 is 10.6 Å². The molecule has 0 aliphatic carbocycles. The maximum absolute atomic E-state index is 13.4. The van der Waals surface area contributed by atoms with Crippen LogP contribution in [-0.4, -0.2) is 35.8 Å². The molecule has 0 atom stereocenters. The van der Waals surface area contributed by atoms with E-state index in [2.05, 4.69) is 10.6 Å². The van der Waals surface area contributed by atoms with Crippen LogP contribution in [0.25, 0.3) is 0 Å². The lowest BCUT2D eigenvalue weighted by Crippen LogP contribution is -2.31. The normalized spacial score (nSPS) is 10.4. The van der Waals surface area contributed by atoms with Crippen molar-refractivity contribution in [3.05, 3.63) is 28.8 Å². The molecule has 0 aliphatic heterocycles. The van der Waals surface area contributed by atoms with Gasteiger partial charge in [-0.3, -0.25) is 0 Å². The summed E-state index contributed by atoms with van der Waals surface area (Å²) >= 11 is 7.23. The fraction of sp³-hybridized carbons (Fsp3) is 0.417. The third-order valence-electron chi connectivity index (χ3n) is 2.22. The van der Waals surface area contributed by atoms with Crippen LogP contribution >= 0.6 is 23.4 Å². The van der Waals surface area contributed by atoms with Crippen LogP contribution in [0.1, 0.15) is 6.42 Å². The van der Waals surface area contributed by atoms with Crippen molar-refractivity contribution in [3.8, 4) is 0 Å². The molecule has 3 N–H and O–H groups in total. The Kier molecular flexibility index (Phi) is 7.64. The van der Waals surface area contributed by atoms with Gasteiger partial charge in [0, 0.05) is 25.0 Å². The van der Waals surface area contributed by atoms with Crippen LogP contribution in [0.15, 0.2) is 12.1 Å². The van der Waals surface area contributed by atoms with Crippen LogP contribution in [0, 0.1) is 11.6 Å². The van der Waals surface area contributed by atoms with Crippen LogP contribution in [0.2, 0.25) is 5.02 Å². The molecule has 0 aromatic heterocycles. The predicted octanol–water partition coefficient (Wildman–Crippen LogP) is 2.86. The zero-order valence-electron chi connectivity index (χ0n) is 10.6. The van der Waals surface area contributed by atoms with Crippen LogP contribution in [-0.2, 0) is 0 Å². The highest BCUT2D eigenvalue weighted by Crippen LogP contribution is 2.26. The number of hydrogen-bond acceptors (Lipinski definition) is 3. The quantitative estimate of drug-likeness (QED) is 0.676. The molecule has 1 rings (SSSR count). The lowest BCUT2D eigenvalue weighted by molar-refractivity contribution is 0.252. The van der Waals surface area contributed by atoms with Crippen LogP contribution in [0.5, 0.6) is 0 Å². The number of hydrogen-bond donors (Lipinski definition) is 3. The van der Waals surface area contributed by atoms with E-state index in [1.165, 1.54) is 0 Å². The fourth-order valence-corrected chi connectivity index (χ4v) is 2.35. The minimum absolute atomic E-state index is 0.142. The maximum atomic E-state index is 13.4. The van der Waals surface area contributed by atoms with E-state index in [-0.39, 0.29) is 17.3 Å². The molecule has 8 heteroatoms. The molecule has 0 heterocycles. The van der Waals surface area contributed by atoms with Crippen molar-refractivity contribution >= 4 is 35.1 Å². The summed E-state index contributed by atoms with van der Waals surface area (Å²) in [6.07, 6.45) is 0.702. The predicted molar refractivity (Wildman–Crippen MR) is 77.4 cm³/mol. The number of rotatable bonds is 7. The van der Waals surface area contributed by atoms with Gasteiger partial charge in [-0.15, -0.1) is 0 Å². The largest absolute Gasteiger partial charge is 0.396 e. The van der Waals surface area contributed by atoms with Crippen LogP contribution in [0.4, 0.5) is 19.3 Å². The van der Waals surface area contributed by atoms with Gasteiger partial charge in [0.15, 0.2) is 5.82 Å². The van der Waals surface area contributed by atoms with Gasteiger partial charge in [0.2, 0.25) is 0 Å². The van der Waals surface area contributed by atoms with E-state index >= 15 is 0 Å². The van der Waals surface area contributed by atoms with E-state index in [9.17, 15) is 13.6 Å². The van der Waals surface area contributed by atoms with E-state index in [4.69, 9.17) is 16.7 Å². The van der Waals surface area contributed by atoms with Gasteiger partial charge in [0.05, 0.1) is 10.7 Å². The Labute approximate surface area is 124 Å². The summed E-state index contributed by atoms with van der Waals surface area (Å²) in [6, 6.07) is 0.956. The van der Waals surface area contributed by atoms with Crippen molar-refractivity contribution in [2.45, 2.75) is 6.42 Å². The van der Waals surface area contributed by atoms with E-state index in [1.54, 1.807) is 11.8 Å². The second-order valence-electron chi connectivity index (χ2n) is 3.81.